The molecule has 1 aliphatic rings. The van der Waals surface area contributed by atoms with Crippen molar-refractivity contribution >= 4 is 22.6 Å². The third-order valence-electron chi connectivity index (χ3n) is 3.33. The molecular formula is C15H13NO4. The lowest BCUT2D eigenvalue weighted by atomic mass is 10.0. The molecule has 0 aliphatic carbocycles. The molecule has 0 spiro atoms. The Balaban J connectivity index is 1.69. The van der Waals surface area contributed by atoms with E-state index < -0.39 is 18.2 Å². The van der Waals surface area contributed by atoms with Gasteiger partial charge in [-0.15, -0.1) is 0 Å². The molecular weight excluding hydrogens is 258 g/mol. The molecule has 2 atom stereocenters. The quantitative estimate of drug-likeness (QED) is 0.822. The molecule has 2 N–H and O–H groups in total. The predicted molar refractivity (Wildman–Crippen MR) is 72.1 cm³/mol. The number of amides is 1. The van der Waals surface area contributed by atoms with Crippen LogP contribution in [-0.2, 0) is 20.9 Å². The molecule has 0 radical (unpaired) electrons. The Bertz CT molecular complexity index is 677. The molecule has 1 aliphatic heterocycles. The van der Waals surface area contributed by atoms with E-state index in [4.69, 9.17) is 9.84 Å². The lowest BCUT2D eigenvalue weighted by Gasteiger charge is -2.07. The number of carbonyl (C=O) groups excluding carboxylic acids is 1. The van der Waals surface area contributed by atoms with Crippen LogP contribution in [-0.4, -0.2) is 29.2 Å². The SMILES string of the molecule is O=C(O)[C@H]1O[C@@H]1C(=O)NCc1cccc2ccccc12. The largest absolute Gasteiger partial charge is 0.479 e. The van der Waals surface area contributed by atoms with E-state index in [1.165, 1.54) is 0 Å². The first-order valence-corrected chi connectivity index (χ1v) is 6.29. The fourth-order valence-electron chi connectivity index (χ4n) is 2.23. The molecule has 1 amide bonds. The van der Waals surface area contributed by atoms with Gasteiger partial charge in [-0.05, 0) is 16.3 Å². The zero-order valence-electron chi connectivity index (χ0n) is 10.6. The number of hydrogen-bond acceptors (Lipinski definition) is 3. The Morgan fingerprint density at radius 2 is 1.85 bits per heavy atom. The fraction of sp³-hybridized carbons (Fsp3) is 0.200. The number of carbonyl (C=O) groups is 2. The Labute approximate surface area is 115 Å². The first kappa shape index (κ1) is 12.6. The second kappa shape index (κ2) is 4.94. The molecule has 20 heavy (non-hydrogen) atoms. The van der Waals surface area contributed by atoms with Crippen molar-refractivity contribution in [3.63, 3.8) is 0 Å². The molecule has 0 aromatic heterocycles. The smallest absolute Gasteiger partial charge is 0.336 e. The average molecular weight is 271 g/mol. The highest BCUT2D eigenvalue weighted by molar-refractivity contribution is 5.92. The minimum absolute atomic E-state index is 0.354. The molecule has 2 aromatic rings. The van der Waals surface area contributed by atoms with Crippen molar-refractivity contribution in [1.82, 2.24) is 5.32 Å². The van der Waals surface area contributed by atoms with Crippen molar-refractivity contribution < 1.29 is 19.4 Å². The van der Waals surface area contributed by atoms with Crippen molar-refractivity contribution in [2.45, 2.75) is 18.8 Å². The van der Waals surface area contributed by atoms with Gasteiger partial charge < -0.3 is 15.2 Å². The van der Waals surface area contributed by atoms with Gasteiger partial charge in [-0.1, -0.05) is 42.5 Å². The Kier molecular flexibility index (Phi) is 3.12. The highest BCUT2D eigenvalue weighted by Gasteiger charge is 2.50. The van der Waals surface area contributed by atoms with E-state index in [-0.39, 0.29) is 5.91 Å². The summed E-state index contributed by atoms with van der Waals surface area (Å²) in [6, 6.07) is 13.8. The minimum atomic E-state index is -1.10. The second-order valence-electron chi connectivity index (χ2n) is 4.67. The van der Waals surface area contributed by atoms with Gasteiger partial charge in [0.1, 0.15) is 0 Å². The standard InChI is InChI=1S/C15H13NO4/c17-14(12-13(20-12)15(18)19)16-8-10-6-3-5-9-4-1-2-7-11(9)10/h1-7,12-13H,8H2,(H,16,17)(H,18,19)/t12-,13-/m0/s1. The number of ether oxygens (including phenoxy) is 1. The third-order valence-corrected chi connectivity index (χ3v) is 3.33. The number of carboxylic acid groups (broad SMARTS) is 1. The second-order valence-corrected chi connectivity index (χ2v) is 4.67. The Morgan fingerprint density at radius 3 is 2.60 bits per heavy atom. The number of epoxide rings is 1. The summed E-state index contributed by atoms with van der Waals surface area (Å²) < 4.78 is 4.80. The van der Waals surface area contributed by atoms with Crippen LogP contribution in [0.15, 0.2) is 42.5 Å². The van der Waals surface area contributed by atoms with Crippen LogP contribution in [0.2, 0.25) is 0 Å². The molecule has 0 saturated carbocycles. The predicted octanol–water partition coefficient (Wildman–Crippen LogP) is 1.31. The van der Waals surface area contributed by atoms with Crippen LogP contribution in [0.3, 0.4) is 0 Å². The maximum absolute atomic E-state index is 11.7. The summed E-state index contributed by atoms with van der Waals surface area (Å²) in [6.45, 7) is 0.354. The summed E-state index contributed by atoms with van der Waals surface area (Å²) in [4.78, 5) is 22.4. The zero-order chi connectivity index (χ0) is 14.1. The van der Waals surface area contributed by atoms with E-state index in [9.17, 15) is 9.59 Å². The van der Waals surface area contributed by atoms with Crippen molar-refractivity contribution in [2.75, 3.05) is 0 Å². The Hall–Kier alpha value is -2.40. The molecule has 5 nitrogen and oxygen atoms in total. The van der Waals surface area contributed by atoms with Gasteiger partial charge in [0.15, 0.2) is 12.2 Å². The van der Waals surface area contributed by atoms with Crippen LogP contribution in [0.5, 0.6) is 0 Å². The van der Waals surface area contributed by atoms with Gasteiger partial charge in [0.2, 0.25) is 0 Å². The first-order chi connectivity index (χ1) is 9.66. The number of rotatable bonds is 4. The summed E-state index contributed by atoms with van der Waals surface area (Å²) in [7, 11) is 0. The van der Waals surface area contributed by atoms with Crippen LogP contribution < -0.4 is 5.32 Å². The van der Waals surface area contributed by atoms with E-state index in [0.717, 1.165) is 16.3 Å². The normalized spacial score (nSPS) is 20.6. The van der Waals surface area contributed by atoms with Crippen LogP contribution in [0.25, 0.3) is 10.8 Å². The fourth-order valence-corrected chi connectivity index (χ4v) is 2.23. The highest BCUT2D eigenvalue weighted by atomic mass is 16.6. The number of aliphatic carboxylic acids is 1. The van der Waals surface area contributed by atoms with Gasteiger partial charge in [-0.25, -0.2) is 4.79 Å². The van der Waals surface area contributed by atoms with Gasteiger partial charge in [0.25, 0.3) is 5.91 Å². The summed E-state index contributed by atoms with van der Waals surface area (Å²) in [5, 5.41) is 13.6. The number of benzene rings is 2. The minimum Gasteiger partial charge on any atom is -0.479 e. The molecule has 0 bridgehead atoms. The number of hydrogen-bond donors (Lipinski definition) is 2. The number of carboxylic acids is 1. The molecule has 1 heterocycles. The third kappa shape index (κ3) is 2.35. The first-order valence-electron chi connectivity index (χ1n) is 6.29. The maximum atomic E-state index is 11.7. The molecule has 1 saturated heterocycles. The van der Waals surface area contributed by atoms with Gasteiger partial charge in [0.05, 0.1) is 0 Å². The molecule has 3 rings (SSSR count). The van der Waals surface area contributed by atoms with Crippen molar-refractivity contribution in [1.29, 1.82) is 0 Å². The van der Waals surface area contributed by atoms with E-state index >= 15 is 0 Å². The Morgan fingerprint density at radius 1 is 1.10 bits per heavy atom. The molecule has 102 valence electrons. The van der Waals surface area contributed by atoms with E-state index in [0.29, 0.717) is 6.54 Å². The van der Waals surface area contributed by atoms with E-state index in [2.05, 4.69) is 5.32 Å². The van der Waals surface area contributed by atoms with Crippen molar-refractivity contribution in [2.24, 2.45) is 0 Å². The van der Waals surface area contributed by atoms with Crippen molar-refractivity contribution in [3.05, 3.63) is 48.0 Å². The zero-order valence-corrected chi connectivity index (χ0v) is 10.6. The van der Waals surface area contributed by atoms with Gasteiger partial charge in [-0.2, -0.15) is 0 Å². The summed E-state index contributed by atoms with van der Waals surface area (Å²) >= 11 is 0. The summed E-state index contributed by atoms with van der Waals surface area (Å²) in [5.74, 6) is -1.49. The van der Waals surface area contributed by atoms with Gasteiger partial charge in [0, 0.05) is 6.54 Å². The van der Waals surface area contributed by atoms with Crippen LogP contribution >= 0.6 is 0 Å². The molecule has 1 fully saturated rings. The topological polar surface area (TPSA) is 78.9 Å². The van der Waals surface area contributed by atoms with Gasteiger partial charge in [-0.3, -0.25) is 4.79 Å². The van der Waals surface area contributed by atoms with E-state index in [1.807, 2.05) is 42.5 Å². The number of fused-ring (bicyclic) bond motifs is 1. The monoisotopic (exact) mass is 271 g/mol. The van der Waals surface area contributed by atoms with Crippen molar-refractivity contribution in [3.8, 4) is 0 Å². The number of nitrogens with one attached hydrogen (secondary N) is 1. The summed E-state index contributed by atoms with van der Waals surface area (Å²) in [5.41, 5.74) is 0.990. The highest BCUT2D eigenvalue weighted by Crippen LogP contribution is 2.23. The molecule has 0 unspecified atom stereocenters. The van der Waals surface area contributed by atoms with Gasteiger partial charge >= 0.3 is 5.97 Å². The van der Waals surface area contributed by atoms with Crippen LogP contribution in [0.1, 0.15) is 5.56 Å². The van der Waals surface area contributed by atoms with E-state index in [1.54, 1.807) is 0 Å². The lowest BCUT2D eigenvalue weighted by molar-refractivity contribution is -0.138. The van der Waals surface area contributed by atoms with Crippen LogP contribution in [0.4, 0.5) is 0 Å². The lowest BCUT2D eigenvalue weighted by Crippen LogP contribution is -2.30. The molecule has 5 heteroatoms. The molecule has 2 aromatic carbocycles. The average Bonchev–Trinajstić information content (AvgIpc) is 3.25. The summed E-state index contributed by atoms with van der Waals surface area (Å²) in [6.07, 6.45) is -1.86. The van der Waals surface area contributed by atoms with Crippen LogP contribution in [0, 0.1) is 0 Å². The maximum Gasteiger partial charge on any atom is 0.336 e.